The van der Waals surface area contributed by atoms with Gasteiger partial charge in [-0.05, 0) is 48.9 Å². The van der Waals surface area contributed by atoms with Crippen molar-refractivity contribution < 1.29 is 14.0 Å². The third-order valence-electron chi connectivity index (χ3n) is 5.08. The summed E-state index contributed by atoms with van der Waals surface area (Å²) in [5.41, 5.74) is 3.07. The molecule has 0 unspecified atom stereocenters. The van der Waals surface area contributed by atoms with Crippen molar-refractivity contribution in [2.75, 3.05) is 6.54 Å². The minimum atomic E-state index is -0.556. The zero-order chi connectivity index (χ0) is 22.1. The summed E-state index contributed by atoms with van der Waals surface area (Å²) in [5.74, 6) is -0.213. The number of hydrogen-bond donors (Lipinski definition) is 1. The average molecular weight is 413 g/mol. The molecule has 0 aliphatic rings. The molecule has 2 aromatic carbocycles. The molecule has 0 saturated heterocycles. The van der Waals surface area contributed by atoms with E-state index in [2.05, 4.69) is 5.32 Å². The highest BCUT2D eigenvalue weighted by Gasteiger charge is 2.28. The Morgan fingerprint density at radius 1 is 1.00 bits per heavy atom. The van der Waals surface area contributed by atoms with Gasteiger partial charge in [-0.1, -0.05) is 62.7 Å². The first-order valence-corrected chi connectivity index (χ1v) is 10.7. The number of benzene rings is 2. The van der Waals surface area contributed by atoms with Crippen LogP contribution in [0.15, 0.2) is 48.5 Å². The van der Waals surface area contributed by atoms with E-state index in [1.165, 1.54) is 17.7 Å². The van der Waals surface area contributed by atoms with Crippen molar-refractivity contribution in [1.29, 1.82) is 0 Å². The molecule has 0 radical (unpaired) electrons. The Kier molecular flexibility index (Phi) is 9.03. The predicted molar refractivity (Wildman–Crippen MR) is 118 cm³/mol. The van der Waals surface area contributed by atoms with Crippen LogP contribution in [0.2, 0.25) is 0 Å². The minimum absolute atomic E-state index is 0.0774. The number of nitrogens with one attached hydrogen (secondary N) is 1. The summed E-state index contributed by atoms with van der Waals surface area (Å²) in [6.45, 7) is 8.85. The van der Waals surface area contributed by atoms with E-state index in [0.29, 0.717) is 31.7 Å². The molecule has 1 atom stereocenters. The van der Waals surface area contributed by atoms with Crippen LogP contribution in [-0.4, -0.2) is 29.3 Å². The van der Waals surface area contributed by atoms with Crippen molar-refractivity contribution in [3.63, 3.8) is 0 Å². The molecule has 4 nitrogen and oxygen atoms in total. The van der Waals surface area contributed by atoms with Crippen LogP contribution < -0.4 is 5.32 Å². The van der Waals surface area contributed by atoms with Gasteiger partial charge in [0.25, 0.3) is 0 Å². The van der Waals surface area contributed by atoms with Gasteiger partial charge in [-0.3, -0.25) is 9.59 Å². The van der Waals surface area contributed by atoms with Crippen LogP contribution in [0.3, 0.4) is 0 Å². The number of carbonyl (C=O) groups excluding carboxylic acids is 2. The number of nitrogens with zero attached hydrogens (tertiary/aromatic N) is 1. The van der Waals surface area contributed by atoms with E-state index in [-0.39, 0.29) is 24.2 Å². The van der Waals surface area contributed by atoms with E-state index >= 15 is 0 Å². The van der Waals surface area contributed by atoms with Crippen molar-refractivity contribution in [2.45, 2.75) is 59.5 Å². The van der Waals surface area contributed by atoms with E-state index in [1.54, 1.807) is 17.0 Å². The predicted octanol–water partition coefficient (Wildman–Crippen LogP) is 4.65. The zero-order valence-electron chi connectivity index (χ0n) is 18.5. The first-order valence-electron chi connectivity index (χ1n) is 10.7. The van der Waals surface area contributed by atoms with Crippen molar-refractivity contribution in [1.82, 2.24) is 10.2 Å². The van der Waals surface area contributed by atoms with Crippen LogP contribution in [-0.2, 0) is 22.6 Å². The van der Waals surface area contributed by atoms with Gasteiger partial charge >= 0.3 is 0 Å². The Labute approximate surface area is 179 Å². The van der Waals surface area contributed by atoms with E-state index in [0.717, 1.165) is 11.1 Å². The summed E-state index contributed by atoms with van der Waals surface area (Å²) < 4.78 is 13.3. The van der Waals surface area contributed by atoms with Crippen LogP contribution in [0.1, 0.15) is 50.3 Å². The fourth-order valence-electron chi connectivity index (χ4n) is 3.28. The lowest BCUT2D eigenvalue weighted by atomic mass is 10.0. The molecule has 0 aliphatic carbocycles. The second kappa shape index (κ2) is 11.5. The van der Waals surface area contributed by atoms with Gasteiger partial charge in [-0.25, -0.2) is 4.39 Å². The molecular formula is C25H33FN2O2. The SMILES string of the molecule is CC[C@@H](C(=O)NCC(C)C)N(Cc1ccc(F)cc1)C(=O)CCc1ccc(C)cc1. The largest absolute Gasteiger partial charge is 0.354 e. The molecule has 162 valence electrons. The molecule has 0 saturated carbocycles. The summed E-state index contributed by atoms with van der Waals surface area (Å²) in [4.78, 5) is 27.6. The topological polar surface area (TPSA) is 49.4 Å². The summed E-state index contributed by atoms with van der Waals surface area (Å²) >= 11 is 0. The smallest absolute Gasteiger partial charge is 0.242 e. The van der Waals surface area contributed by atoms with Crippen LogP contribution in [0, 0.1) is 18.7 Å². The lowest BCUT2D eigenvalue weighted by Crippen LogP contribution is -2.49. The van der Waals surface area contributed by atoms with Crippen LogP contribution in [0.25, 0.3) is 0 Å². The lowest BCUT2D eigenvalue weighted by Gasteiger charge is -2.31. The van der Waals surface area contributed by atoms with Gasteiger partial charge in [0, 0.05) is 19.5 Å². The van der Waals surface area contributed by atoms with Gasteiger partial charge in [-0.2, -0.15) is 0 Å². The van der Waals surface area contributed by atoms with Crippen molar-refractivity contribution in [2.24, 2.45) is 5.92 Å². The number of carbonyl (C=O) groups is 2. The van der Waals surface area contributed by atoms with Crippen LogP contribution >= 0.6 is 0 Å². The van der Waals surface area contributed by atoms with Gasteiger partial charge in [-0.15, -0.1) is 0 Å². The first-order chi connectivity index (χ1) is 14.3. The third kappa shape index (κ3) is 7.29. The maximum atomic E-state index is 13.3. The fraction of sp³-hybridized carbons (Fsp3) is 0.440. The van der Waals surface area contributed by atoms with E-state index < -0.39 is 6.04 Å². The van der Waals surface area contributed by atoms with Gasteiger partial charge in [0.05, 0.1) is 0 Å². The van der Waals surface area contributed by atoms with Crippen molar-refractivity contribution in [3.05, 3.63) is 71.0 Å². The number of halogens is 1. The molecule has 0 aliphatic heterocycles. The number of aryl methyl sites for hydroxylation is 2. The Balaban J connectivity index is 2.17. The molecule has 2 aromatic rings. The normalized spacial score (nSPS) is 11.9. The summed E-state index contributed by atoms with van der Waals surface area (Å²) in [6, 6.07) is 13.6. The molecule has 5 heteroatoms. The number of rotatable bonds is 10. The number of amides is 2. The van der Waals surface area contributed by atoms with Gasteiger partial charge in [0.2, 0.25) is 11.8 Å². The van der Waals surface area contributed by atoms with Crippen molar-refractivity contribution in [3.8, 4) is 0 Å². The van der Waals surface area contributed by atoms with Crippen molar-refractivity contribution >= 4 is 11.8 Å². The molecule has 0 heterocycles. The first kappa shape index (κ1) is 23.6. The Bertz CT molecular complexity index is 816. The quantitative estimate of drug-likeness (QED) is 0.618. The summed E-state index contributed by atoms with van der Waals surface area (Å²) in [6.07, 6.45) is 1.45. The second-order valence-electron chi connectivity index (χ2n) is 8.20. The van der Waals surface area contributed by atoms with Crippen LogP contribution in [0.5, 0.6) is 0 Å². The number of hydrogen-bond acceptors (Lipinski definition) is 2. The fourth-order valence-corrected chi connectivity index (χ4v) is 3.28. The Morgan fingerprint density at radius 3 is 2.17 bits per heavy atom. The molecule has 2 rings (SSSR count). The van der Waals surface area contributed by atoms with Gasteiger partial charge in [0.15, 0.2) is 0 Å². The summed E-state index contributed by atoms with van der Waals surface area (Å²) in [5, 5.41) is 2.95. The molecule has 1 N–H and O–H groups in total. The van der Waals surface area contributed by atoms with Gasteiger partial charge in [0.1, 0.15) is 11.9 Å². The van der Waals surface area contributed by atoms with E-state index in [1.807, 2.05) is 52.0 Å². The maximum Gasteiger partial charge on any atom is 0.242 e. The molecule has 0 bridgehead atoms. The van der Waals surface area contributed by atoms with Gasteiger partial charge < -0.3 is 10.2 Å². The van der Waals surface area contributed by atoms with Crippen LogP contribution in [0.4, 0.5) is 4.39 Å². The molecule has 0 aromatic heterocycles. The molecule has 30 heavy (non-hydrogen) atoms. The molecule has 0 fully saturated rings. The molecule has 0 spiro atoms. The monoisotopic (exact) mass is 412 g/mol. The molecule has 2 amide bonds. The summed E-state index contributed by atoms with van der Waals surface area (Å²) in [7, 11) is 0. The Hall–Kier alpha value is -2.69. The highest BCUT2D eigenvalue weighted by molar-refractivity contribution is 5.87. The third-order valence-corrected chi connectivity index (χ3v) is 5.08. The maximum absolute atomic E-state index is 13.3. The second-order valence-corrected chi connectivity index (χ2v) is 8.20. The zero-order valence-corrected chi connectivity index (χ0v) is 18.5. The minimum Gasteiger partial charge on any atom is -0.354 e. The standard InChI is InChI=1S/C25H33FN2O2/c1-5-23(25(30)27-16-18(2)3)28(17-21-10-13-22(26)14-11-21)24(29)15-12-20-8-6-19(4)7-9-20/h6-11,13-14,18,23H,5,12,15-17H2,1-4H3,(H,27,30)/t23-/m0/s1. The Morgan fingerprint density at radius 2 is 1.60 bits per heavy atom. The highest BCUT2D eigenvalue weighted by Crippen LogP contribution is 2.16. The lowest BCUT2D eigenvalue weighted by molar-refractivity contribution is -0.141. The van der Waals surface area contributed by atoms with E-state index in [9.17, 15) is 14.0 Å². The van der Waals surface area contributed by atoms with E-state index in [4.69, 9.17) is 0 Å². The molecular weight excluding hydrogens is 379 g/mol. The average Bonchev–Trinajstić information content (AvgIpc) is 2.72. The highest BCUT2D eigenvalue weighted by atomic mass is 19.1.